The van der Waals surface area contributed by atoms with Gasteiger partial charge < -0.3 is 4.99 Å². The molecular weight excluding hydrogens is 110 g/mol. The summed E-state index contributed by atoms with van der Waals surface area (Å²) in [5, 5.41) is 0. The van der Waals surface area contributed by atoms with Gasteiger partial charge in [0.2, 0.25) is 0 Å². The van der Waals surface area contributed by atoms with Crippen LogP contribution in [0.25, 0.3) is 0 Å². The third-order valence-electron chi connectivity index (χ3n) is 1.09. The first kappa shape index (κ1) is 8.41. The van der Waals surface area contributed by atoms with E-state index in [-0.39, 0.29) is 0 Å². The van der Waals surface area contributed by atoms with Crippen molar-refractivity contribution in [2.75, 3.05) is 6.54 Å². The van der Waals surface area contributed by atoms with Gasteiger partial charge >= 0.3 is 0 Å². The second kappa shape index (κ2) is 7.41. The summed E-state index contributed by atoms with van der Waals surface area (Å²) in [5.41, 5.74) is 0. The van der Waals surface area contributed by atoms with Gasteiger partial charge in [-0.05, 0) is 26.0 Å². The second-order valence-electron chi connectivity index (χ2n) is 1.97. The van der Waals surface area contributed by atoms with Gasteiger partial charge in [0.1, 0.15) is 0 Å². The first-order valence-electron chi connectivity index (χ1n) is 3.49. The van der Waals surface area contributed by atoms with Crippen molar-refractivity contribution in [3.8, 4) is 0 Å². The molecule has 0 saturated carbocycles. The minimum absolute atomic E-state index is 0.897. The summed E-state index contributed by atoms with van der Waals surface area (Å²) < 4.78 is 0. The predicted octanol–water partition coefficient (Wildman–Crippen LogP) is 2.43. The molecule has 0 aromatic heterocycles. The minimum atomic E-state index is 0.897. The molecule has 0 N–H and O–H groups in total. The van der Waals surface area contributed by atoms with Gasteiger partial charge in [0.05, 0.1) is 0 Å². The average molecular weight is 125 g/mol. The Hall–Kier alpha value is -0.590. The van der Waals surface area contributed by atoms with Crippen LogP contribution in [0.4, 0.5) is 0 Å². The number of hydrogen-bond acceptors (Lipinski definition) is 1. The molecule has 0 unspecified atom stereocenters. The van der Waals surface area contributed by atoms with E-state index in [9.17, 15) is 0 Å². The molecule has 0 spiro atoms. The molecule has 0 aromatic rings. The molecule has 9 heavy (non-hydrogen) atoms. The van der Waals surface area contributed by atoms with Gasteiger partial charge in [0.25, 0.3) is 0 Å². The van der Waals surface area contributed by atoms with E-state index in [1.54, 1.807) is 0 Å². The van der Waals surface area contributed by atoms with Gasteiger partial charge in [-0.2, -0.15) is 0 Å². The van der Waals surface area contributed by atoms with Crippen molar-refractivity contribution in [1.82, 2.24) is 0 Å². The van der Waals surface area contributed by atoms with Crippen LogP contribution in [0.3, 0.4) is 0 Å². The highest BCUT2D eigenvalue weighted by atomic mass is 14.7. The van der Waals surface area contributed by atoms with Crippen LogP contribution in [0.2, 0.25) is 0 Å². The van der Waals surface area contributed by atoms with Gasteiger partial charge in [0, 0.05) is 6.54 Å². The Kier molecular flexibility index (Phi) is 6.92. The maximum absolute atomic E-state index is 3.75. The van der Waals surface area contributed by atoms with E-state index >= 15 is 0 Å². The van der Waals surface area contributed by atoms with Crippen molar-refractivity contribution in [1.29, 1.82) is 0 Å². The molecule has 1 nitrogen and oxygen atoms in total. The van der Waals surface area contributed by atoms with Crippen molar-refractivity contribution in [2.45, 2.75) is 26.2 Å². The Morgan fingerprint density at radius 2 is 2.22 bits per heavy atom. The standard InChI is InChI=1S/C8H15N/c1-3-4-5-6-7-8-9-2/h4-5H,2-3,6-8H2,1H3/b5-4+. The van der Waals surface area contributed by atoms with E-state index in [4.69, 9.17) is 0 Å². The molecule has 0 bridgehead atoms. The smallest absolute Gasteiger partial charge is 0.0385 e. The van der Waals surface area contributed by atoms with Crippen LogP contribution in [0.1, 0.15) is 26.2 Å². The van der Waals surface area contributed by atoms with Crippen molar-refractivity contribution in [2.24, 2.45) is 4.99 Å². The lowest BCUT2D eigenvalue weighted by Crippen LogP contribution is -1.75. The van der Waals surface area contributed by atoms with Gasteiger partial charge in [-0.1, -0.05) is 19.1 Å². The predicted molar refractivity (Wildman–Crippen MR) is 43.1 cm³/mol. The number of unbranched alkanes of at least 4 members (excludes halogenated alkanes) is 1. The van der Waals surface area contributed by atoms with Crippen molar-refractivity contribution in [3.05, 3.63) is 12.2 Å². The zero-order valence-corrected chi connectivity index (χ0v) is 6.14. The van der Waals surface area contributed by atoms with Gasteiger partial charge in [-0.3, -0.25) is 0 Å². The van der Waals surface area contributed by atoms with Crippen LogP contribution in [-0.2, 0) is 0 Å². The lowest BCUT2D eigenvalue weighted by molar-refractivity contribution is 0.857. The summed E-state index contributed by atoms with van der Waals surface area (Å²) in [5.74, 6) is 0. The highest BCUT2D eigenvalue weighted by Gasteiger charge is 1.77. The maximum Gasteiger partial charge on any atom is 0.0385 e. The third-order valence-corrected chi connectivity index (χ3v) is 1.09. The molecule has 0 aliphatic rings. The van der Waals surface area contributed by atoms with E-state index in [0.29, 0.717) is 0 Å². The molecule has 0 saturated heterocycles. The first-order valence-corrected chi connectivity index (χ1v) is 3.49. The van der Waals surface area contributed by atoms with Gasteiger partial charge in [-0.25, -0.2) is 0 Å². The number of aliphatic imine (C=N–C) groups is 1. The molecule has 1 heteroatoms. The molecular formula is C8H15N. The van der Waals surface area contributed by atoms with E-state index in [0.717, 1.165) is 25.8 Å². The Morgan fingerprint density at radius 1 is 1.44 bits per heavy atom. The Morgan fingerprint density at radius 3 is 2.78 bits per heavy atom. The molecule has 0 radical (unpaired) electrons. The van der Waals surface area contributed by atoms with Crippen LogP contribution < -0.4 is 0 Å². The Balaban J connectivity index is 2.90. The van der Waals surface area contributed by atoms with Crippen molar-refractivity contribution in [3.63, 3.8) is 0 Å². The third kappa shape index (κ3) is 7.41. The van der Waals surface area contributed by atoms with Crippen LogP contribution in [0.5, 0.6) is 0 Å². The normalized spacial score (nSPS) is 10.3. The summed E-state index contributed by atoms with van der Waals surface area (Å²) in [7, 11) is 0. The Labute approximate surface area is 57.5 Å². The molecule has 0 aliphatic heterocycles. The van der Waals surface area contributed by atoms with Crippen LogP contribution in [0, 0.1) is 0 Å². The zero-order chi connectivity index (χ0) is 6.95. The fourth-order valence-electron chi connectivity index (χ4n) is 0.605. The molecule has 0 atom stereocenters. The van der Waals surface area contributed by atoms with Crippen molar-refractivity contribution < 1.29 is 0 Å². The number of hydrogen-bond donors (Lipinski definition) is 0. The average Bonchev–Trinajstić information content (AvgIpc) is 1.89. The highest BCUT2D eigenvalue weighted by Crippen LogP contribution is 1.91. The summed E-state index contributed by atoms with van der Waals surface area (Å²) in [6.07, 6.45) is 7.81. The highest BCUT2D eigenvalue weighted by molar-refractivity contribution is 5.22. The Bertz CT molecular complexity index is 84.6. The molecule has 0 rings (SSSR count). The van der Waals surface area contributed by atoms with Crippen LogP contribution in [-0.4, -0.2) is 13.3 Å². The fraction of sp³-hybridized carbons (Fsp3) is 0.625. The zero-order valence-electron chi connectivity index (χ0n) is 6.14. The number of rotatable bonds is 5. The largest absolute Gasteiger partial charge is 0.301 e. The molecule has 52 valence electrons. The maximum atomic E-state index is 3.75. The molecule has 0 fully saturated rings. The lowest BCUT2D eigenvalue weighted by Gasteiger charge is -1.87. The summed E-state index contributed by atoms with van der Waals surface area (Å²) in [6.45, 7) is 6.44. The minimum Gasteiger partial charge on any atom is -0.301 e. The number of allylic oxidation sites excluding steroid dienone is 2. The van der Waals surface area contributed by atoms with Crippen molar-refractivity contribution >= 4 is 6.72 Å². The quantitative estimate of drug-likeness (QED) is 0.304. The van der Waals surface area contributed by atoms with E-state index in [1.165, 1.54) is 0 Å². The molecule has 0 aromatic carbocycles. The first-order chi connectivity index (χ1) is 4.41. The topological polar surface area (TPSA) is 12.4 Å². The van der Waals surface area contributed by atoms with E-state index < -0.39 is 0 Å². The van der Waals surface area contributed by atoms with Gasteiger partial charge in [-0.15, -0.1) is 0 Å². The molecule has 0 amide bonds. The molecule has 0 aliphatic carbocycles. The van der Waals surface area contributed by atoms with Gasteiger partial charge in [0.15, 0.2) is 0 Å². The fourth-order valence-corrected chi connectivity index (χ4v) is 0.605. The summed E-state index contributed by atoms with van der Waals surface area (Å²) >= 11 is 0. The summed E-state index contributed by atoms with van der Waals surface area (Å²) in [6, 6.07) is 0. The monoisotopic (exact) mass is 125 g/mol. The van der Waals surface area contributed by atoms with E-state index in [1.807, 2.05) is 0 Å². The number of nitrogens with zero attached hydrogens (tertiary/aromatic N) is 1. The van der Waals surface area contributed by atoms with E-state index in [2.05, 4.69) is 30.8 Å². The van der Waals surface area contributed by atoms with Crippen LogP contribution >= 0.6 is 0 Å². The second-order valence-corrected chi connectivity index (χ2v) is 1.97. The summed E-state index contributed by atoms with van der Waals surface area (Å²) in [4.78, 5) is 3.75. The molecule has 0 heterocycles. The SMILES string of the molecule is C=NCCC/C=C/CC. The lowest BCUT2D eigenvalue weighted by atomic mass is 10.3. The van der Waals surface area contributed by atoms with Crippen LogP contribution in [0.15, 0.2) is 17.1 Å².